The monoisotopic (exact) mass is 538 g/mol. The minimum Gasteiger partial charge on any atom is -0.435 e. The van der Waals surface area contributed by atoms with Crippen molar-refractivity contribution < 1.29 is 9.13 Å². The number of nitrogens with zero attached hydrogens (tertiary/aromatic N) is 4. The van der Waals surface area contributed by atoms with E-state index in [9.17, 15) is 0 Å². The van der Waals surface area contributed by atoms with Gasteiger partial charge in [-0.3, -0.25) is 0 Å². The number of fused-ring (bicyclic) bond motifs is 1. The summed E-state index contributed by atoms with van der Waals surface area (Å²) in [6, 6.07) is 23.0. The Morgan fingerprint density at radius 3 is 2.64 bits per heavy atom. The highest BCUT2D eigenvalue weighted by Crippen LogP contribution is 2.34. The summed E-state index contributed by atoms with van der Waals surface area (Å²) in [4.78, 5) is 18.6. The fraction of sp³-hybridized carbons (Fsp3) is 0.200. The molecule has 0 saturated heterocycles. The maximum Gasteiger partial charge on any atom is 0.230 e. The van der Waals surface area contributed by atoms with E-state index in [0.29, 0.717) is 29.1 Å². The van der Waals surface area contributed by atoms with Gasteiger partial charge in [0, 0.05) is 28.9 Å². The molecule has 9 heteroatoms. The second-order valence-electron chi connectivity index (χ2n) is 9.40. The Bertz CT molecular complexity index is 1590. The van der Waals surface area contributed by atoms with Crippen molar-refractivity contribution in [2.45, 2.75) is 43.0 Å². The van der Waals surface area contributed by atoms with Crippen LogP contribution in [0.1, 0.15) is 32.1 Å². The molecule has 0 bridgehead atoms. The van der Waals surface area contributed by atoms with Gasteiger partial charge in [0.25, 0.3) is 0 Å². The lowest BCUT2D eigenvalue weighted by molar-refractivity contribution is 0.429. The molecule has 39 heavy (non-hydrogen) atoms. The number of hydrogen-bond donors (Lipinski definition) is 2. The van der Waals surface area contributed by atoms with Crippen molar-refractivity contribution >= 4 is 34.4 Å². The van der Waals surface area contributed by atoms with Crippen molar-refractivity contribution in [1.29, 1.82) is 0 Å². The van der Waals surface area contributed by atoms with Gasteiger partial charge in [-0.2, -0.15) is 4.98 Å². The minimum atomic E-state index is -0.509. The Hall–Kier alpha value is -4.24. The molecule has 1 aliphatic rings. The molecule has 1 saturated carbocycles. The molecule has 0 spiro atoms. The summed E-state index contributed by atoms with van der Waals surface area (Å²) < 4.78 is 24.3. The van der Waals surface area contributed by atoms with E-state index in [-0.39, 0.29) is 11.6 Å². The third-order valence-corrected chi connectivity index (χ3v) is 7.60. The van der Waals surface area contributed by atoms with Gasteiger partial charge in [0.05, 0.1) is 5.56 Å². The van der Waals surface area contributed by atoms with Crippen molar-refractivity contribution in [3.05, 3.63) is 91.1 Å². The molecule has 7 nitrogen and oxygen atoms in total. The third kappa shape index (κ3) is 5.93. The van der Waals surface area contributed by atoms with E-state index in [1.165, 1.54) is 43.6 Å². The van der Waals surface area contributed by atoms with Crippen LogP contribution in [0.2, 0.25) is 0 Å². The smallest absolute Gasteiger partial charge is 0.230 e. The van der Waals surface area contributed by atoms with Crippen molar-refractivity contribution in [2.24, 2.45) is 0 Å². The topological polar surface area (TPSA) is 84.8 Å². The van der Waals surface area contributed by atoms with E-state index in [1.807, 2.05) is 24.3 Å². The second-order valence-corrected chi connectivity index (χ2v) is 10.2. The first kappa shape index (κ1) is 25.1. The summed E-state index contributed by atoms with van der Waals surface area (Å²) in [7, 11) is 0. The fourth-order valence-corrected chi connectivity index (χ4v) is 5.51. The van der Waals surface area contributed by atoms with Crippen LogP contribution in [0, 0.1) is 5.82 Å². The molecule has 0 amide bonds. The quantitative estimate of drug-likeness (QED) is 0.193. The molecule has 1 fully saturated rings. The number of halogens is 1. The lowest BCUT2D eigenvalue weighted by Crippen LogP contribution is -2.23. The van der Waals surface area contributed by atoms with Gasteiger partial charge in [0.2, 0.25) is 11.8 Å². The lowest BCUT2D eigenvalue weighted by Gasteiger charge is -2.22. The Morgan fingerprint density at radius 1 is 0.872 bits per heavy atom. The van der Waals surface area contributed by atoms with E-state index in [1.54, 1.807) is 30.5 Å². The predicted octanol–water partition coefficient (Wildman–Crippen LogP) is 7.88. The van der Waals surface area contributed by atoms with E-state index >= 15 is 4.39 Å². The summed E-state index contributed by atoms with van der Waals surface area (Å²) in [5.41, 5.74) is 1.18. The molecule has 3 aromatic carbocycles. The van der Waals surface area contributed by atoms with Gasteiger partial charge in [-0.25, -0.2) is 19.3 Å². The molecule has 0 radical (unpaired) electrons. The maximum absolute atomic E-state index is 15.1. The summed E-state index contributed by atoms with van der Waals surface area (Å²) in [5, 5.41) is 5.71. The maximum atomic E-state index is 15.1. The highest BCUT2D eigenvalue weighted by Gasteiger charge is 2.17. The molecule has 2 N–H and O–H groups in total. The van der Waals surface area contributed by atoms with Gasteiger partial charge in [-0.05, 0) is 65.9 Å². The number of nitrogens with one attached hydrogen (secondary N) is 2. The number of anilines is 2. The largest absolute Gasteiger partial charge is 0.435 e. The van der Waals surface area contributed by atoms with Gasteiger partial charge < -0.3 is 14.8 Å². The van der Waals surface area contributed by atoms with E-state index in [0.717, 1.165) is 28.5 Å². The Morgan fingerprint density at radius 2 is 1.74 bits per heavy atom. The van der Waals surface area contributed by atoms with Crippen LogP contribution in [0.15, 0.2) is 90.2 Å². The highest BCUT2D eigenvalue weighted by molar-refractivity contribution is 8.00. The number of hydrogen-bond acceptors (Lipinski definition) is 8. The second kappa shape index (κ2) is 11.7. The first-order valence-electron chi connectivity index (χ1n) is 13.0. The molecule has 2 heterocycles. The van der Waals surface area contributed by atoms with Crippen LogP contribution in [0.5, 0.6) is 11.6 Å². The summed E-state index contributed by atoms with van der Waals surface area (Å²) in [6.07, 6.45) is 8.96. The normalized spacial score (nSPS) is 13.8. The average Bonchev–Trinajstić information content (AvgIpc) is 2.98. The fourth-order valence-electron chi connectivity index (χ4n) is 4.72. The molecule has 2 aromatic heterocycles. The average molecular weight is 539 g/mol. The standard InChI is InChI=1S/C30H27FN6OS/c31-25-18-22(37-39-27-14-6-9-20-8-4-5-12-23(20)27)15-16-26(25)38-29-24(13-7-17-32-29)28-33-19-34-30(36-28)35-21-10-2-1-3-11-21/h4-9,12-19,21,37H,1-3,10-11H2,(H,33,34,35,36). The van der Waals surface area contributed by atoms with Crippen molar-refractivity contribution in [2.75, 3.05) is 10.0 Å². The van der Waals surface area contributed by atoms with Crippen molar-refractivity contribution in [1.82, 2.24) is 19.9 Å². The minimum absolute atomic E-state index is 0.0604. The number of aromatic nitrogens is 4. The Labute approximate surface area is 230 Å². The number of benzene rings is 3. The van der Waals surface area contributed by atoms with E-state index in [2.05, 4.69) is 48.2 Å². The van der Waals surface area contributed by atoms with E-state index in [4.69, 9.17) is 4.74 Å². The van der Waals surface area contributed by atoms with Crippen LogP contribution in [0.4, 0.5) is 16.0 Å². The molecule has 1 aliphatic carbocycles. The van der Waals surface area contributed by atoms with Crippen LogP contribution in [0.3, 0.4) is 0 Å². The van der Waals surface area contributed by atoms with Gasteiger partial charge in [-0.1, -0.05) is 55.7 Å². The Kier molecular flexibility index (Phi) is 7.49. The van der Waals surface area contributed by atoms with Crippen LogP contribution < -0.4 is 14.8 Å². The Balaban J connectivity index is 1.17. The zero-order chi connectivity index (χ0) is 26.4. The lowest BCUT2D eigenvalue weighted by atomic mass is 9.96. The highest BCUT2D eigenvalue weighted by atomic mass is 32.2. The first-order valence-corrected chi connectivity index (χ1v) is 13.8. The number of ether oxygens (including phenoxy) is 1. The molecule has 6 rings (SSSR count). The van der Waals surface area contributed by atoms with Gasteiger partial charge >= 0.3 is 0 Å². The van der Waals surface area contributed by atoms with Gasteiger partial charge in [0.15, 0.2) is 17.4 Å². The van der Waals surface area contributed by atoms with Crippen molar-refractivity contribution in [3.8, 4) is 23.0 Å². The third-order valence-electron chi connectivity index (χ3n) is 6.69. The molecule has 0 unspecified atom stereocenters. The van der Waals surface area contributed by atoms with E-state index < -0.39 is 5.82 Å². The molecule has 5 aromatic rings. The van der Waals surface area contributed by atoms with Crippen LogP contribution >= 0.6 is 11.9 Å². The molecular formula is C30H27FN6OS. The SMILES string of the molecule is Fc1cc(NSc2cccc3ccccc23)ccc1Oc1ncccc1-c1ncnc(NC2CCCCC2)n1. The molecule has 0 atom stereocenters. The summed E-state index contributed by atoms with van der Waals surface area (Å²) in [6.45, 7) is 0. The summed E-state index contributed by atoms with van der Waals surface area (Å²) >= 11 is 1.44. The van der Waals surface area contributed by atoms with Crippen LogP contribution in [-0.4, -0.2) is 26.0 Å². The number of rotatable bonds is 8. The summed E-state index contributed by atoms with van der Waals surface area (Å²) in [5.74, 6) is 0.705. The zero-order valence-electron chi connectivity index (χ0n) is 21.2. The van der Waals surface area contributed by atoms with Gasteiger partial charge in [-0.15, -0.1) is 0 Å². The van der Waals surface area contributed by atoms with Gasteiger partial charge in [0.1, 0.15) is 6.33 Å². The number of pyridine rings is 1. The van der Waals surface area contributed by atoms with Crippen molar-refractivity contribution in [3.63, 3.8) is 0 Å². The predicted molar refractivity (Wildman–Crippen MR) is 153 cm³/mol. The van der Waals surface area contributed by atoms with Crippen LogP contribution in [0.25, 0.3) is 22.2 Å². The zero-order valence-corrected chi connectivity index (χ0v) is 22.0. The first-order chi connectivity index (χ1) is 19.2. The molecule has 196 valence electrons. The molecular weight excluding hydrogens is 511 g/mol. The molecule has 0 aliphatic heterocycles. The van der Waals surface area contributed by atoms with Crippen LogP contribution in [-0.2, 0) is 0 Å².